The molecular formula is C16H21NO3. The Labute approximate surface area is 119 Å². The SMILES string of the molecule is COc1cc(NC(=O)C2CC3CCC2C3)cc(OC)c1. The Kier molecular flexibility index (Phi) is 3.55. The first-order valence-corrected chi connectivity index (χ1v) is 7.23. The first-order valence-electron chi connectivity index (χ1n) is 7.23. The zero-order valence-electron chi connectivity index (χ0n) is 12.0. The zero-order valence-corrected chi connectivity index (χ0v) is 12.0. The van der Waals surface area contributed by atoms with Gasteiger partial charge in [-0.2, -0.15) is 0 Å². The fourth-order valence-corrected chi connectivity index (χ4v) is 3.68. The van der Waals surface area contributed by atoms with Crippen LogP contribution in [0.4, 0.5) is 5.69 Å². The van der Waals surface area contributed by atoms with E-state index in [4.69, 9.17) is 9.47 Å². The number of ether oxygens (including phenoxy) is 2. The average molecular weight is 275 g/mol. The molecule has 1 amide bonds. The van der Waals surface area contributed by atoms with E-state index in [-0.39, 0.29) is 11.8 Å². The molecule has 0 aromatic heterocycles. The zero-order chi connectivity index (χ0) is 14.1. The Bertz CT molecular complexity index is 492. The van der Waals surface area contributed by atoms with Gasteiger partial charge >= 0.3 is 0 Å². The third-order valence-corrected chi connectivity index (χ3v) is 4.69. The molecular weight excluding hydrogens is 254 g/mol. The van der Waals surface area contributed by atoms with E-state index < -0.39 is 0 Å². The quantitative estimate of drug-likeness (QED) is 0.918. The molecule has 2 saturated carbocycles. The lowest BCUT2D eigenvalue weighted by atomic mass is 9.88. The third kappa shape index (κ3) is 2.47. The summed E-state index contributed by atoms with van der Waals surface area (Å²) in [6.07, 6.45) is 4.81. The van der Waals surface area contributed by atoms with E-state index in [1.807, 2.05) is 12.1 Å². The van der Waals surface area contributed by atoms with Gasteiger partial charge in [0.15, 0.2) is 0 Å². The summed E-state index contributed by atoms with van der Waals surface area (Å²) in [5.74, 6) is 3.07. The van der Waals surface area contributed by atoms with Crippen molar-refractivity contribution in [3.8, 4) is 11.5 Å². The number of methoxy groups -OCH3 is 2. The standard InChI is InChI=1S/C16H21NO3/c1-19-13-7-12(8-14(9-13)20-2)17-16(18)15-6-10-3-4-11(15)5-10/h7-11,15H,3-6H2,1-2H3,(H,17,18). The number of rotatable bonds is 4. The number of fused-ring (bicyclic) bond motifs is 2. The van der Waals surface area contributed by atoms with E-state index in [2.05, 4.69) is 5.32 Å². The van der Waals surface area contributed by atoms with E-state index in [0.717, 1.165) is 18.0 Å². The Balaban J connectivity index is 1.72. The molecule has 2 aliphatic carbocycles. The monoisotopic (exact) mass is 275 g/mol. The number of amides is 1. The van der Waals surface area contributed by atoms with E-state index >= 15 is 0 Å². The minimum absolute atomic E-state index is 0.146. The second-order valence-electron chi connectivity index (χ2n) is 5.87. The van der Waals surface area contributed by atoms with Crippen LogP contribution in [-0.2, 0) is 4.79 Å². The van der Waals surface area contributed by atoms with E-state index in [9.17, 15) is 4.79 Å². The normalized spacial score (nSPS) is 27.4. The fraction of sp³-hybridized carbons (Fsp3) is 0.562. The second kappa shape index (κ2) is 5.35. The lowest BCUT2D eigenvalue weighted by molar-refractivity contribution is -0.121. The van der Waals surface area contributed by atoms with Gasteiger partial charge in [-0.25, -0.2) is 0 Å². The molecule has 1 N–H and O–H groups in total. The highest BCUT2D eigenvalue weighted by Crippen LogP contribution is 2.48. The highest BCUT2D eigenvalue weighted by atomic mass is 16.5. The molecule has 0 spiro atoms. The van der Waals surface area contributed by atoms with Gasteiger partial charge in [-0.05, 0) is 31.1 Å². The summed E-state index contributed by atoms with van der Waals surface area (Å²) in [4.78, 5) is 12.4. The Morgan fingerprint density at radius 1 is 1.10 bits per heavy atom. The number of carbonyl (C=O) groups excluding carboxylic acids is 1. The van der Waals surface area contributed by atoms with Crippen LogP contribution in [0.2, 0.25) is 0 Å². The highest BCUT2D eigenvalue weighted by molar-refractivity contribution is 5.93. The van der Waals surface area contributed by atoms with Gasteiger partial charge in [-0.15, -0.1) is 0 Å². The predicted octanol–water partition coefficient (Wildman–Crippen LogP) is 3.08. The second-order valence-corrected chi connectivity index (χ2v) is 5.87. The Morgan fingerprint density at radius 2 is 1.80 bits per heavy atom. The topological polar surface area (TPSA) is 47.6 Å². The molecule has 1 aromatic carbocycles. The first-order chi connectivity index (χ1) is 9.69. The van der Waals surface area contributed by atoms with Crippen molar-refractivity contribution >= 4 is 11.6 Å². The van der Waals surface area contributed by atoms with Crippen molar-refractivity contribution in [1.29, 1.82) is 0 Å². The molecule has 3 atom stereocenters. The van der Waals surface area contributed by atoms with Crippen molar-refractivity contribution in [3.63, 3.8) is 0 Å². The highest BCUT2D eigenvalue weighted by Gasteiger charge is 2.43. The van der Waals surface area contributed by atoms with Gasteiger partial charge in [0.05, 0.1) is 14.2 Å². The molecule has 0 heterocycles. The minimum atomic E-state index is 0.146. The van der Waals surface area contributed by atoms with Crippen LogP contribution in [0, 0.1) is 17.8 Å². The lowest BCUT2D eigenvalue weighted by Crippen LogP contribution is -2.27. The third-order valence-electron chi connectivity index (χ3n) is 4.69. The molecule has 0 aliphatic heterocycles. The molecule has 4 heteroatoms. The number of benzene rings is 1. The van der Waals surface area contributed by atoms with Crippen LogP contribution in [-0.4, -0.2) is 20.1 Å². The van der Waals surface area contributed by atoms with Crippen LogP contribution in [0.1, 0.15) is 25.7 Å². The van der Waals surface area contributed by atoms with Crippen molar-refractivity contribution < 1.29 is 14.3 Å². The molecule has 2 aliphatic rings. The van der Waals surface area contributed by atoms with Gasteiger partial charge in [0.25, 0.3) is 0 Å². The van der Waals surface area contributed by atoms with Crippen LogP contribution in [0.25, 0.3) is 0 Å². The molecule has 108 valence electrons. The van der Waals surface area contributed by atoms with Gasteiger partial charge in [-0.3, -0.25) is 4.79 Å². The summed E-state index contributed by atoms with van der Waals surface area (Å²) in [7, 11) is 3.21. The summed E-state index contributed by atoms with van der Waals surface area (Å²) >= 11 is 0. The Morgan fingerprint density at radius 3 is 2.30 bits per heavy atom. The summed E-state index contributed by atoms with van der Waals surface area (Å²) < 4.78 is 10.4. The van der Waals surface area contributed by atoms with Crippen LogP contribution >= 0.6 is 0 Å². The van der Waals surface area contributed by atoms with Gasteiger partial charge in [0.2, 0.25) is 5.91 Å². The molecule has 20 heavy (non-hydrogen) atoms. The van der Waals surface area contributed by atoms with Crippen LogP contribution in [0.3, 0.4) is 0 Å². The number of hydrogen-bond donors (Lipinski definition) is 1. The van der Waals surface area contributed by atoms with E-state index in [1.54, 1.807) is 20.3 Å². The molecule has 3 rings (SSSR count). The maximum atomic E-state index is 12.4. The average Bonchev–Trinajstić information content (AvgIpc) is 3.09. The molecule has 4 nitrogen and oxygen atoms in total. The lowest BCUT2D eigenvalue weighted by Gasteiger charge is -2.21. The van der Waals surface area contributed by atoms with Crippen LogP contribution < -0.4 is 14.8 Å². The van der Waals surface area contributed by atoms with E-state index in [0.29, 0.717) is 17.4 Å². The smallest absolute Gasteiger partial charge is 0.227 e. The molecule has 3 unspecified atom stereocenters. The summed E-state index contributed by atoms with van der Waals surface area (Å²) in [5.41, 5.74) is 0.744. The molecule has 2 bridgehead atoms. The van der Waals surface area contributed by atoms with Gasteiger partial charge < -0.3 is 14.8 Å². The maximum Gasteiger partial charge on any atom is 0.227 e. The number of hydrogen-bond acceptors (Lipinski definition) is 3. The molecule has 0 saturated heterocycles. The number of carbonyl (C=O) groups is 1. The van der Waals surface area contributed by atoms with Crippen molar-refractivity contribution in [2.75, 3.05) is 19.5 Å². The predicted molar refractivity (Wildman–Crippen MR) is 77.1 cm³/mol. The largest absolute Gasteiger partial charge is 0.497 e. The summed E-state index contributed by atoms with van der Waals surface area (Å²) in [6, 6.07) is 5.45. The van der Waals surface area contributed by atoms with Crippen molar-refractivity contribution in [1.82, 2.24) is 0 Å². The molecule has 2 fully saturated rings. The number of anilines is 1. The van der Waals surface area contributed by atoms with Crippen LogP contribution in [0.5, 0.6) is 11.5 Å². The summed E-state index contributed by atoms with van der Waals surface area (Å²) in [5, 5.41) is 3.02. The van der Waals surface area contributed by atoms with Crippen LogP contribution in [0.15, 0.2) is 18.2 Å². The first kappa shape index (κ1) is 13.3. The summed E-state index contributed by atoms with van der Waals surface area (Å²) in [6.45, 7) is 0. The minimum Gasteiger partial charge on any atom is -0.497 e. The Hall–Kier alpha value is -1.71. The van der Waals surface area contributed by atoms with Gasteiger partial charge in [-0.1, -0.05) is 6.42 Å². The number of nitrogens with one attached hydrogen (secondary N) is 1. The van der Waals surface area contributed by atoms with Gasteiger partial charge in [0, 0.05) is 29.8 Å². The van der Waals surface area contributed by atoms with Crippen molar-refractivity contribution in [3.05, 3.63) is 18.2 Å². The molecule has 1 aromatic rings. The van der Waals surface area contributed by atoms with Crippen molar-refractivity contribution in [2.24, 2.45) is 17.8 Å². The van der Waals surface area contributed by atoms with Gasteiger partial charge in [0.1, 0.15) is 11.5 Å². The maximum absolute atomic E-state index is 12.4. The molecule has 0 radical (unpaired) electrons. The van der Waals surface area contributed by atoms with E-state index in [1.165, 1.54) is 19.3 Å². The fourth-order valence-electron chi connectivity index (χ4n) is 3.68. The van der Waals surface area contributed by atoms with Crippen molar-refractivity contribution in [2.45, 2.75) is 25.7 Å².